The molecule has 0 aliphatic carbocycles. The lowest BCUT2D eigenvalue weighted by Crippen LogP contribution is -2.44. The van der Waals surface area contributed by atoms with Crippen molar-refractivity contribution in [3.8, 4) is 0 Å². The number of nitrogens with one attached hydrogen (secondary N) is 1. The number of piperidine rings is 1. The second kappa shape index (κ2) is 5.35. The number of carbonyl (C=O) groups excluding carboxylic acids is 2. The van der Waals surface area contributed by atoms with Crippen molar-refractivity contribution in [2.24, 2.45) is 5.92 Å². The molecule has 0 aromatic carbocycles. The summed E-state index contributed by atoms with van der Waals surface area (Å²) in [6, 6.07) is 0. The molecule has 0 atom stereocenters. The number of hydrogen-bond acceptors (Lipinski definition) is 4. The summed E-state index contributed by atoms with van der Waals surface area (Å²) in [5.41, 5.74) is 1.14. The van der Waals surface area contributed by atoms with E-state index in [0.29, 0.717) is 25.9 Å². The zero-order valence-electron chi connectivity index (χ0n) is 10.5. The molecule has 0 bridgehead atoms. The molecule has 1 aliphatic rings. The van der Waals surface area contributed by atoms with Gasteiger partial charge in [0.15, 0.2) is 0 Å². The summed E-state index contributed by atoms with van der Waals surface area (Å²) in [7, 11) is 0. The van der Waals surface area contributed by atoms with Crippen LogP contribution in [0.2, 0.25) is 0 Å². The van der Waals surface area contributed by atoms with E-state index in [0.717, 1.165) is 0 Å². The number of rotatable bonds is 1. The third kappa shape index (κ3) is 4.22. The minimum atomic E-state index is -0.504. The highest BCUT2D eigenvalue weighted by Crippen LogP contribution is 2.19. The predicted octanol–water partition coefficient (Wildman–Crippen LogP) is 1.14. The molecule has 1 aliphatic heterocycles. The van der Waals surface area contributed by atoms with Crippen LogP contribution < -0.4 is 5.48 Å². The molecule has 17 heavy (non-hydrogen) atoms. The predicted molar refractivity (Wildman–Crippen MR) is 60.5 cm³/mol. The highest BCUT2D eigenvalue weighted by Gasteiger charge is 2.29. The van der Waals surface area contributed by atoms with Crippen molar-refractivity contribution < 1.29 is 19.5 Å². The van der Waals surface area contributed by atoms with E-state index >= 15 is 0 Å². The van der Waals surface area contributed by atoms with Gasteiger partial charge < -0.3 is 9.64 Å². The fourth-order valence-corrected chi connectivity index (χ4v) is 1.74. The number of ether oxygens (including phenoxy) is 1. The molecule has 1 heterocycles. The van der Waals surface area contributed by atoms with Gasteiger partial charge in [0.05, 0.1) is 0 Å². The van der Waals surface area contributed by atoms with Crippen LogP contribution in [0.3, 0.4) is 0 Å². The van der Waals surface area contributed by atoms with Crippen LogP contribution in [0.4, 0.5) is 4.79 Å². The van der Waals surface area contributed by atoms with Gasteiger partial charge in [-0.05, 0) is 33.6 Å². The summed E-state index contributed by atoms with van der Waals surface area (Å²) in [5.74, 6) is -0.604. The van der Waals surface area contributed by atoms with E-state index in [1.54, 1.807) is 10.4 Å². The number of carbonyl (C=O) groups is 2. The van der Waals surface area contributed by atoms with Crippen LogP contribution in [0.1, 0.15) is 33.6 Å². The molecule has 2 N–H and O–H groups in total. The van der Waals surface area contributed by atoms with E-state index in [4.69, 9.17) is 9.94 Å². The first kappa shape index (κ1) is 13.8. The molecule has 0 spiro atoms. The van der Waals surface area contributed by atoms with E-state index in [9.17, 15) is 9.59 Å². The van der Waals surface area contributed by atoms with Crippen LogP contribution >= 0.6 is 0 Å². The number of amides is 2. The Balaban J connectivity index is 2.42. The van der Waals surface area contributed by atoms with Gasteiger partial charge in [-0.1, -0.05) is 0 Å². The fourth-order valence-electron chi connectivity index (χ4n) is 1.74. The lowest BCUT2D eigenvalue weighted by Gasteiger charge is -2.32. The molecular formula is C11H20N2O4. The third-order valence-electron chi connectivity index (χ3n) is 2.63. The molecule has 0 aromatic rings. The van der Waals surface area contributed by atoms with Gasteiger partial charge in [-0.2, -0.15) is 0 Å². The Morgan fingerprint density at radius 2 is 1.82 bits per heavy atom. The summed E-state index contributed by atoms with van der Waals surface area (Å²) in [6.07, 6.45) is 0.748. The van der Waals surface area contributed by atoms with Gasteiger partial charge in [-0.3, -0.25) is 10.0 Å². The van der Waals surface area contributed by atoms with Gasteiger partial charge in [0.25, 0.3) is 0 Å². The van der Waals surface area contributed by atoms with Crippen molar-refractivity contribution >= 4 is 12.0 Å². The van der Waals surface area contributed by atoms with Crippen molar-refractivity contribution in [3.05, 3.63) is 0 Å². The number of hydroxylamine groups is 1. The minimum absolute atomic E-state index is 0.223. The SMILES string of the molecule is CC(C)(C)OC(=O)N1CCC(C(=O)NO)CC1. The van der Waals surface area contributed by atoms with Crippen LogP contribution in [0.5, 0.6) is 0 Å². The quantitative estimate of drug-likeness (QED) is 0.535. The summed E-state index contributed by atoms with van der Waals surface area (Å²) < 4.78 is 5.24. The maximum atomic E-state index is 11.7. The van der Waals surface area contributed by atoms with E-state index in [2.05, 4.69) is 0 Å². The number of hydrogen-bond donors (Lipinski definition) is 2. The van der Waals surface area contributed by atoms with Crippen LogP contribution in [-0.2, 0) is 9.53 Å². The molecule has 0 radical (unpaired) electrons. The molecular weight excluding hydrogens is 224 g/mol. The molecule has 1 rings (SSSR count). The first-order valence-electron chi connectivity index (χ1n) is 5.75. The second-order valence-corrected chi connectivity index (χ2v) is 5.22. The Morgan fingerprint density at radius 3 is 2.24 bits per heavy atom. The van der Waals surface area contributed by atoms with E-state index < -0.39 is 5.60 Å². The monoisotopic (exact) mass is 244 g/mol. The summed E-state index contributed by atoms with van der Waals surface area (Å²) in [5, 5.41) is 8.51. The highest BCUT2D eigenvalue weighted by molar-refractivity contribution is 5.78. The van der Waals surface area contributed by atoms with Gasteiger partial charge in [-0.25, -0.2) is 10.3 Å². The topological polar surface area (TPSA) is 78.9 Å². The summed E-state index contributed by atoms with van der Waals surface area (Å²) in [6.45, 7) is 6.41. The zero-order valence-corrected chi connectivity index (χ0v) is 10.5. The van der Waals surface area contributed by atoms with Gasteiger partial charge in [-0.15, -0.1) is 0 Å². The second-order valence-electron chi connectivity index (χ2n) is 5.22. The third-order valence-corrected chi connectivity index (χ3v) is 2.63. The Kier molecular flexibility index (Phi) is 4.34. The standard InChI is InChI=1S/C11H20N2O4/c1-11(2,3)17-10(15)13-6-4-8(5-7-13)9(14)12-16/h8,16H,4-7H2,1-3H3,(H,12,14). The summed E-state index contributed by atoms with van der Waals surface area (Å²) in [4.78, 5) is 24.5. The fraction of sp³-hybridized carbons (Fsp3) is 0.818. The summed E-state index contributed by atoms with van der Waals surface area (Å²) >= 11 is 0. The maximum Gasteiger partial charge on any atom is 0.410 e. The molecule has 0 saturated carbocycles. The molecule has 2 amide bonds. The van der Waals surface area contributed by atoms with Crippen LogP contribution in [0.15, 0.2) is 0 Å². The van der Waals surface area contributed by atoms with Crippen molar-refractivity contribution in [2.75, 3.05) is 13.1 Å². The van der Waals surface area contributed by atoms with Gasteiger partial charge in [0.1, 0.15) is 5.60 Å². The minimum Gasteiger partial charge on any atom is -0.444 e. The average Bonchev–Trinajstić information content (AvgIpc) is 2.26. The highest BCUT2D eigenvalue weighted by atomic mass is 16.6. The van der Waals surface area contributed by atoms with Gasteiger partial charge in [0, 0.05) is 19.0 Å². The maximum absolute atomic E-state index is 11.7. The van der Waals surface area contributed by atoms with Crippen LogP contribution in [0, 0.1) is 5.92 Å². The van der Waals surface area contributed by atoms with E-state index in [1.807, 2.05) is 20.8 Å². The average molecular weight is 244 g/mol. The molecule has 1 fully saturated rings. The van der Waals surface area contributed by atoms with Crippen molar-refractivity contribution in [3.63, 3.8) is 0 Å². The number of nitrogens with zero attached hydrogens (tertiary/aromatic N) is 1. The molecule has 6 nitrogen and oxygen atoms in total. The lowest BCUT2D eigenvalue weighted by atomic mass is 9.96. The normalized spacial score (nSPS) is 17.8. The largest absolute Gasteiger partial charge is 0.444 e. The van der Waals surface area contributed by atoms with E-state index in [-0.39, 0.29) is 17.9 Å². The Hall–Kier alpha value is -1.30. The molecule has 0 unspecified atom stereocenters. The molecule has 6 heteroatoms. The van der Waals surface area contributed by atoms with Crippen molar-refractivity contribution in [1.29, 1.82) is 0 Å². The van der Waals surface area contributed by atoms with Crippen LogP contribution in [-0.4, -0.2) is 40.8 Å². The van der Waals surface area contributed by atoms with Gasteiger partial charge >= 0.3 is 6.09 Å². The Bertz CT molecular complexity index is 290. The van der Waals surface area contributed by atoms with Crippen molar-refractivity contribution in [2.45, 2.75) is 39.2 Å². The Morgan fingerprint density at radius 1 is 1.29 bits per heavy atom. The Labute approximate surface area is 101 Å². The smallest absolute Gasteiger partial charge is 0.410 e. The zero-order chi connectivity index (χ0) is 13.1. The first-order valence-corrected chi connectivity index (χ1v) is 5.75. The van der Waals surface area contributed by atoms with E-state index in [1.165, 1.54) is 0 Å². The number of likely N-dealkylation sites (tertiary alicyclic amines) is 1. The lowest BCUT2D eigenvalue weighted by molar-refractivity contribution is -0.134. The van der Waals surface area contributed by atoms with Gasteiger partial charge in [0.2, 0.25) is 5.91 Å². The molecule has 98 valence electrons. The molecule has 1 saturated heterocycles. The molecule has 0 aromatic heterocycles. The first-order chi connectivity index (χ1) is 7.83. The van der Waals surface area contributed by atoms with Crippen molar-refractivity contribution in [1.82, 2.24) is 10.4 Å². The van der Waals surface area contributed by atoms with Crippen LogP contribution in [0.25, 0.3) is 0 Å².